The first-order valence-corrected chi connectivity index (χ1v) is 11.3. The van der Waals surface area contributed by atoms with Gasteiger partial charge in [-0.2, -0.15) is 5.10 Å². The van der Waals surface area contributed by atoms with E-state index >= 15 is 0 Å². The minimum absolute atomic E-state index is 0.265. The van der Waals surface area contributed by atoms with Crippen molar-refractivity contribution in [1.82, 2.24) is 24.6 Å². The van der Waals surface area contributed by atoms with Crippen molar-refractivity contribution in [2.45, 2.75) is 52.7 Å². The summed E-state index contributed by atoms with van der Waals surface area (Å²) >= 11 is 1.38. The van der Waals surface area contributed by atoms with Gasteiger partial charge < -0.3 is 9.64 Å². The topological polar surface area (TPSA) is 102 Å². The third-order valence-electron chi connectivity index (χ3n) is 4.92. The lowest BCUT2D eigenvalue weighted by Crippen LogP contribution is -2.39. The summed E-state index contributed by atoms with van der Waals surface area (Å²) < 4.78 is 7.15. The Morgan fingerprint density at radius 3 is 2.78 bits per heavy atom. The summed E-state index contributed by atoms with van der Waals surface area (Å²) in [7, 11) is 0. The Bertz CT molecular complexity index is 1130. The number of carbonyl (C=O) groups is 2. The molecule has 0 atom stereocenters. The molecule has 0 saturated heterocycles. The molecule has 10 heteroatoms. The molecule has 0 radical (unpaired) electrons. The van der Waals surface area contributed by atoms with Crippen molar-refractivity contribution in [3.05, 3.63) is 52.4 Å². The summed E-state index contributed by atoms with van der Waals surface area (Å²) in [5.41, 5.74) is 1.63. The molecule has 1 aliphatic rings. The molecule has 0 aliphatic carbocycles. The van der Waals surface area contributed by atoms with Crippen molar-refractivity contribution in [3.8, 4) is 5.82 Å². The maximum atomic E-state index is 13.0. The van der Waals surface area contributed by atoms with Crippen LogP contribution in [-0.2, 0) is 24.1 Å². The molecule has 0 aromatic carbocycles. The van der Waals surface area contributed by atoms with E-state index in [9.17, 15) is 9.59 Å². The molecule has 0 fully saturated rings. The molecule has 1 N–H and O–H groups in total. The zero-order valence-electron chi connectivity index (χ0n) is 18.6. The van der Waals surface area contributed by atoms with E-state index in [1.807, 2.05) is 45.9 Å². The standard InChI is InChI=1S/C22H26N6O3S/c1-5-16-14(12-24-28(16)18-8-6-7-10-23-18)19(29)26-20-25-15-9-11-27(13-17(15)32-20)21(30)31-22(2,3)4/h6-8,10,12H,5,9,11,13H2,1-4H3,(H,25,26,29). The van der Waals surface area contributed by atoms with Crippen LogP contribution in [0.15, 0.2) is 30.6 Å². The Hall–Kier alpha value is -3.27. The molecule has 2 amide bonds. The Morgan fingerprint density at radius 1 is 1.28 bits per heavy atom. The van der Waals surface area contributed by atoms with E-state index in [2.05, 4.69) is 20.4 Å². The number of hydrogen-bond acceptors (Lipinski definition) is 7. The first-order valence-electron chi connectivity index (χ1n) is 10.5. The van der Waals surface area contributed by atoms with Gasteiger partial charge in [0.25, 0.3) is 5.91 Å². The quantitative estimate of drug-likeness (QED) is 0.643. The highest BCUT2D eigenvalue weighted by Gasteiger charge is 2.28. The highest BCUT2D eigenvalue weighted by Crippen LogP contribution is 2.29. The third-order valence-corrected chi connectivity index (χ3v) is 5.92. The number of aromatic nitrogens is 4. The van der Waals surface area contributed by atoms with E-state index < -0.39 is 5.60 Å². The van der Waals surface area contributed by atoms with Crippen molar-refractivity contribution in [2.75, 3.05) is 11.9 Å². The molecule has 1 aliphatic heterocycles. The number of ether oxygens (including phenoxy) is 1. The van der Waals surface area contributed by atoms with E-state index in [1.165, 1.54) is 11.3 Å². The lowest BCUT2D eigenvalue weighted by Gasteiger charge is -2.29. The first-order chi connectivity index (χ1) is 15.2. The summed E-state index contributed by atoms with van der Waals surface area (Å²) in [5.74, 6) is 0.398. The van der Waals surface area contributed by atoms with E-state index in [0.29, 0.717) is 42.4 Å². The maximum Gasteiger partial charge on any atom is 0.410 e. The van der Waals surface area contributed by atoms with E-state index in [-0.39, 0.29) is 12.0 Å². The van der Waals surface area contributed by atoms with Gasteiger partial charge in [-0.05, 0) is 39.3 Å². The average molecular weight is 455 g/mol. The van der Waals surface area contributed by atoms with Gasteiger partial charge in [0.15, 0.2) is 10.9 Å². The SMILES string of the molecule is CCc1c(C(=O)Nc2nc3c(s2)CN(C(=O)OC(C)(C)C)CC3)cnn1-c1ccccn1. The minimum Gasteiger partial charge on any atom is -0.444 e. The number of amides is 2. The number of pyridine rings is 1. The number of hydrogen-bond donors (Lipinski definition) is 1. The lowest BCUT2D eigenvalue weighted by atomic mass is 10.2. The number of rotatable bonds is 4. The number of carbonyl (C=O) groups excluding carboxylic acids is 2. The molecule has 4 rings (SSSR count). The van der Waals surface area contributed by atoms with Crippen LogP contribution in [0.5, 0.6) is 0 Å². The predicted molar refractivity (Wildman–Crippen MR) is 121 cm³/mol. The Kier molecular flexibility index (Phi) is 5.96. The van der Waals surface area contributed by atoms with Crippen molar-refractivity contribution in [2.24, 2.45) is 0 Å². The van der Waals surface area contributed by atoms with Crippen LogP contribution in [0.4, 0.5) is 9.93 Å². The van der Waals surface area contributed by atoms with Crippen LogP contribution in [0.25, 0.3) is 5.82 Å². The second-order valence-electron chi connectivity index (χ2n) is 8.45. The van der Waals surface area contributed by atoms with E-state index in [0.717, 1.165) is 16.3 Å². The molecule has 9 nitrogen and oxygen atoms in total. The predicted octanol–water partition coefficient (Wildman–Crippen LogP) is 3.83. The number of fused-ring (bicyclic) bond motifs is 1. The summed E-state index contributed by atoms with van der Waals surface area (Å²) in [6.07, 6.45) is 4.16. The third kappa shape index (κ3) is 4.64. The van der Waals surface area contributed by atoms with Gasteiger partial charge in [-0.3, -0.25) is 10.1 Å². The summed E-state index contributed by atoms with van der Waals surface area (Å²) in [6, 6.07) is 5.56. The molecule has 3 aromatic rings. The highest BCUT2D eigenvalue weighted by atomic mass is 32.1. The van der Waals surface area contributed by atoms with Gasteiger partial charge in [0.2, 0.25) is 0 Å². The fourth-order valence-corrected chi connectivity index (χ4v) is 4.49. The van der Waals surface area contributed by atoms with Crippen LogP contribution in [0.1, 0.15) is 54.3 Å². The van der Waals surface area contributed by atoms with Crippen LogP contribution < -0.4 is 5.32 Å². The van der Waals surface area contributed by atoms with Crippen LogP contribution in [-0.4, -0.2) is 48.8 Å². The summed E-state index contributed by atoms with van der Waals surface area (Å²) in [5, 5.41) is 7.77. The molecule has 0 spiro atoms. The molecule has 3 aromatic heterocycles. The maximum absolute atomic E-state index is 13.0. The highest BCUT2D eigenvalue weighted by molar-refractivity contribution is 7.15. The van der Waals surface area contributed by atoms with Gasteiger partial charge >= 0.3 is 6.09 Å². The zero-order valence-corrected chi connectivity index (χ0v) is 19.4. The van der Waals surface area contributed by atoms with Gasteiger partial charge in [0.05, 0.1) is 29.7 Å². The molecule has 0 saturated carbocycles. The van der Waals surface area contributed by atoms with Gasteiger partial charge in [0.1, 0.15) is 5.60 Å². The fraction of sp³-hybridized carbons (Fsp3) is 0.409. The van der Waals surface area contributed by atoms with Gasteiger partial charge in [-0.25, -0.2) is 19.4 Å². The molecule has 0 bridgehead atoms. The van der Waals surface area contributed by atoms with Crippen molar-refractivity contribution < 1.29 is 14.3 Å². The smallest absolute Gasteiger partial charge is 0.410 e. The zero-order chi connectivity index (χ0) is 22.9. The summed E-state index contributed by atoms with van der Waals surface area (Å²) in [6.45, 7) is 8.48. The second kappa shape index (κ2) is 8.70. The lowest BCUT2D eigenvalue weighted by molar-refractivity contribution is 0.0225. The molecule has 4 heterocycles. The van der Waals surface area contributed by atoms with Crippen molar-refractivity contribution >= 4 is 28.5 Å². The molecular weight excluding hydrogens is 428 g/mol. The minimum atomic E-state index is -0.541. The monoisotopic (exact) mass is 454 g/mol. The Labute approximate surface area is 190 Å². The number of nitrogens with zero attached hydrogens (tertiary/aromatic N) is 5. The van der Waals surface area contributed by atoms with Gasteiger partial charge in [-0.15, -0.1) is 0 Å². The van der Waals surface area contributed by atoms with Crippen molar-refractivity contribution in [1.29, 1.82) is 0 Å². The van der Waals surface area contributed by atoms with Crippen molar-refractivity contribution in [3.63, 3.8) is 0 Å². The Morgan fingerprint density at radius 2 is 2.09 bits per heavy atom. The number of thiazole rings is 1. The molecule has 168 valence electrons. The molecular formula is C22H26N6O3S. The number of anilines is 1. The molecule has 0 unspecified atom stereocenters. The van der Waals surface area contributed by atoms with E-state index in [4.69, 9.17) is 4.74 Å². The van der Waals surface area contributed by atoms with E-state index in [1.54, 1.807) is 22.0 Å². The van der Waals surface area contributed by atoms with Crippen LogP contribution in [0.3, 0.4) is 0 Å². The summed E-state index contributed by atoms with van der Waals surface area (Å²) in [4.78, 5) is 36.9. The van der Waals surface area contributed by atoms with Gasteiger partial charge in [-0.1, -0.05) is 24.3 Å². The van der Waals surface area contributed by atoms with Gasteiger partial charge in [0, 0.05) is 24.0 Å². The fourth-order valence-electron chi connectivity index (χ4n) is 3.48. The number of nitrogens with one attached hydrogen (secondary N) is 1. The normalized spacial score (nSPS) is 13.6. The first kappa shape index (κ1) is 21.9. The average Bonchev–Trinajstić information content (AvgIpc) is 3.35. The molecule has 32 heavy (non-hydrogen) atoms. The van der Waals surface area contributed by atoms with Crippen LogP contribution in [0, 0.1) is 0 Å². The van der Waals surface area contributed by atoms with Crippen LogP contribution >= 0.6 is 11.3 Å². The second-order valence-corrected chi connectivity index (χ2v) is 9.54. The largest absolute Gasteiger partial charge is 0.444 e. The Balaban J connectivity index is 1.48. The van der Waals surface area contributed by atoms with Crippen LogP contribution in [0.2, 0.25) is 0 Å².